The number of carbonyl (C=O) groups is 3. The zero-order valence-corrected chi connectivity index (χ0v) is 14.6. The summed E-state index contributed by atoms with van der Waals surface area (Å²) in [6.07, 6.45) is 0.584. The van der Waals surface area contributed by atoms with Crippen molar-refractivity contribution in [2.45, 2.75) is 32.3 Å². The molecular weight excluding hydrogens is 360 g/mol. The van der Waals surface area contributed by atoms with Crippen LogP contribution in [0.15, 0.2) is 36.4 Å². The van der Waals surface area contributed by atoms with E-state index in [1.165, 1.54) is 50.3 Å². The van der Waals surface area contributed by atoms with E-state index in [0.29, 0.717) is 0 Å². The van der Waals surface area contributed by atoms with Gasteiger partial charge in [0.25, 0.3) is 11.6 Å². The third-order valence-electron chi connectivity index (χ3n) is 3.53. The smallest absolute Gasteiger partial charge is 0.303 e. The first-order valence-electron chi connectivity index (χ1n) is 7.96. The molecule has 1 unspecified atom stereocenters. The van der Waals surface area contributed by atoms with Gasteiger partial charge >= 0.3 is 11.9 Å². The SMILES string of the molecule is CC(=O)OC[C@H]1OC(NC(=O)c2ccc([N+](=O)[O-])cc2)C=C[C@@H]1OC(C)=O. The van der Waals surface area contributed by atoms with Gasteiger partial charge in [0.15, 0.2) is 0 Å². The summed E-state index contributed by atoms with van der Waals surface area (Å²) >= 11 is 0. The summed E-state index contributed by atoms with van der Waals surface area (Å²) in [4.78, 5) is 44.5. The molecule has 0 aliphatic carbocycles. The van der Waals surface area contributed by atoms with E-state index in [-0.39, 0.29) is 17.9 Å². The molecule has 1 aliphatic rings. The molecule has 1 amide bonds. The lowest BCUT2D eigenvalue weighted by Gasteiger charge is -2.31. The van der Waals surface area contributed by atoms with Gasteiger partial charge in [0.05, 0.1) is 4.92 Å². The van der Waals surface area contributed by atoms with Gasteiger partial charge in [0, 0.05) is 31.5 Å². The van der Waals surface area contributed by atoms with E-state index in [1.807, 2.05) is 0 Å². The maximum absolute atomic E-state index is 12.3. The predicted molar refractivity (Wildman–Crippen MR) is 90.6 cm³/mol. The molecule has 1 aliphatic heterocycles. The number of esters is 2. The van der Waals surface area contributed by atoms with Crippen LogP contribution >= 0.6 is 0 Å². The lowest BCUT2D eigenvalue weighted by Crippen LogP contribution is -2.47. The number of benzene rings is 1. The topological polar surface area (TPSA) is 134 Å². The van der Waals surface area contributed by atoms with Gasteiger partial charge in [0.1, 0.15) is 25.0 Å². The van der Waals surface area contributed by atoms with E-state index in [9.17, 15) is 24.5 Å². The fraction of sp³-hybridized carbons (Fsp3) is 0.353. The monoisotopic (exact) mass is 378 g/mol. The Kier molecular flexibility index (Phi) is 6.61. The summed E-state index contributed by atoms with van der Waals surface area (Å²) < 4.78 is 15.6. The Labute approximate surface area is 154 Å². The molecule has 0 radical (unpaired) electrons. The number of carbonyl (C=O) groups excluding carboxylic acids is 3. The molecule has 0 saturated carbocycles. The molecule has 144 valence electrons. The second-order valence-corrected chi connectivity index (χ2v) is 5.63. The molecule has 1 N–H and O–H groups in total. The zero-order chi connectivity index (χ0) is 20.0. The molecular formula is C17H18N2O8. The minimum absolute atomic E-state index is 0.133. The summed E-state index contributed by atoms with van der Waals surface area (Å²) in [6, 6.07) is 5.06. The molecule has 0 bridgehead atoms. The molecule has 0 saturated heterocycles. The Morgan fingerprint density at radius 1 is 1.15 bits per heavy atom. The molecule has 0 spiro atoms. The Bertz CT molecular complexity index is 759. The van der Waals surface area contributed by atoms with Gasteiger partial charge < -0.3 is 19.5 Å². The Balaban J connectivity index is 2.04. The van der Waals surface area contributed by atoms with Crippen LogP contribution in [0.1, 0.15) is 24.2 Å². The maximum atomic E-state index is 12.3. The van der Waals surface area contributed by atoms with Gasteiger partial charge in [-0.15, -0.1) is 0 Å². The van der Waals surface area contributed by atoms with Gasteiger partial charge in [-0.2, -0.15) is 0 Å². The van der Waals surface area contributed by atoms with Crippen LogP contribution in [0.2, 0.25) is 0 Å². The van der Waals surface area contributed by atoms with Gasteiger partial charge in [-0.25, -0.2) is 0 Å². The fourth-order valence-corrected chi connectivity index (χ4v) is 2.32. The van der Waals surface area contributed by atoms with Crippen molar-refractivity contribution in [3.63, 3.8) is 0 Å². The van der Waals surface area contributed by atoms with Crippen LogP contribution in [-0.4, -0.2) is 47.8 Å². The van der Waals surface area contributed by atoms with Gasteiger partial charge in [-0.3, -0.25) is 24.5 Å². The first-order valence-corrected chi connectivity index (χ1v) is 7.96. The molecule has 27 heavy (non-hydrogen) atoms. The Morgan fingerprint density at radius 2 is 1.81 bits per heavy atom. The van der Waals surface area contributed by atoms with Crippen molar-refractivity contribution < 1.29 is 33.5 Å². The van der Waals surface area contributed by atoms with Crippen molar-refractivity contribution in [1.29, 1.82) is 0 Å². The van der Waals surface area contributed by atoms with E-state index in [4.69, 9.17) is 14.2 Å². The first kappa shape index (κ1) is 20.0. The fourth-order valence-electron chi connectivity index (χ4n) is 2.32. The maximum Gasteiger partial charge on any atom is 0.303 e. The van der Waals surface area contributed by atoms with Crippen molar-refractivity contribution in [1.82, 2.24) is 5.32 Å². The number of ether oxygens (including phenoxy) is 3. The summed E-state index contributed by atoms with van der Waals surface area (Å²) in [6.45, 7) is 2.30. The lowest BCUT2D eigenvalue weighted by molar-refractivity contribution is -0.384. The number of nitrogens with zero attached hydrogens (tertiary/aromatic N) is 1. The molecule has 3 atom stereocenters. The molecule has 0 aromatic heterocycles. The predicted octanol–water partition coefficient (Wildman–Crippen LogP) is 1.10. The van der Waals surface area contributed by atoms with E-state index in [1.54, 1.807) is 0 Å². The molecule has 10 nitrogen and oxygen atoms in total. The zero-order valence-electron chi connectivity index (χ0n) is 14.6. The standard InChI is InChI=1S/C17H18N2O8/c1-10(20)25-9-15-14(26-11(2)21)7-8-16(27-15)18-17(22)12-3-5-13(6-4-12)19(23)24/h3-8,14-16H,9H2,1-2H3,(H,18,22)/t14-,15+,16?/m0/s1. The van der Waals surface area contributed by atoms with Crippen molar-refractivity contribution >= 4 is 23.5 Å². The highest BCUT2D eigenvalue weighted by Gasteiger charge is 2.31. The summed E-state index contributed by atoms with van der Waals surface area (Å²) in [7, 11) is 0. The summed E-state index contributed by atoms with van der Waals surface area (Å²) in [5, 5.41) is 13.2. The Morgan fingerprint density at radius 3 is 2.37 bits per heavy atom. The van der Waals surface area contributed by atoms with E-state index < -0.39 is 41.2 Å². The number of nitrogens with one attached hydrogen (secondary N) is 1. The van der Waals surface area contributed by atoms with Crippen molar-refractivity contribution in [2.24, 2.45) is 0 Å². The Hall–Kier alpha value is -3.27. The number of amides is 1. The van der Waals surface area contributed by atoms with Crippen LogP contribution in [0, 0.1) is 10.1 Å². The number of hydrogen-bond acceptors (Lipinski definition) is 8. The molecule has 1 aromatic rings. The highest BCUT2D eigenvalue weighted by Crippen LogP contribution is 2.17. The summed E-state index contributed by atoms with van der Waals surface area (Å²) in [5.74, 6) is -1.58. The number of rotatable bonds is 6. The van der Waals surface area contributed by atoms with Crippen LogP contribution in [-0.2, 0) is 23.8 Å². The van der Waals surface area contributed by atoms with Crippen LogP contribution in [0.4, 0.5) is 5.69 Å². The molecule has 1 heterocycles. The number of nitro benzene ring substituents is 1. The largest absolute Gasteiger partial charge is 0.463 e. The van der Waals surface area contributed by atoms with Crippen molar-refractivity contribution in [3.8, 4) is 0 Å². The summed E-state index contributed by atoms with van der Waals surface area (Å²) in [5.41, 5.74) is 0.0716. The second kappa shape index (κ2) is 8.90. The van der Waals surface area contributed by atoms with Crippen molar-refractivity contribution in [3.05, 3.63) is 52.1 Å². The quantitative estimate of drug-likeness (QED) is 0.337. The third-order valence-corrected chi connectivity index (χ3v) is 3.53. The number of non-ortho nitro benzene ring substituents is 1. The minimum atomic E-state index is -0.861. The van der Waals surface area contributed by atoms with Gasteiger partial charge in [0.2, 0.25) is 0 Å². The highest BCUT2D eigenvalue weighted by atomic mass is 16.6. The van der Waals surface area contributed by atoms with E-state index in [0.717, 1.165) is 0 Å². The minimum Gasteiger partial charge on any atom is -0.463 e. The van der Waals surface area contributed by atoms with Gasteiger partial charge in [-0.05, 0) is 24.3 Å². The van der Waals surface area contributed by atoms with Crippen LogP contribution < -0.4 is 5.32 Å². The van der Waals surface area contributed by atoms with Crippen LogP contribution in [0.5, 0.6) is 0 Å². The van der Waals surface area contributed by atoms with Crippen LogP contribution in [0.25, 0.3) is 0 Å². The number of hydrogen-bond donors (Lipinski definition) is 1. The first-order chi connectivity index (χ1) is 12.8. The molecule has 10 heteroatoms. The van der Waals surface area contributed by atoms with E-state index in [2.05, 4.69) is 5.32 Å². The van der Waals surface area contributed by atoms with Crippen molar-refractivity contribution in [2.75, 3.05) is 6.61 Å². The third kappa shape index (κ3) is 5.89. The molecule has 0 fully saturated rings. The normalized spacial score (nSPS) is 21.2. The molecule has 2 rings (SSSR count). The van der Waals surface area contributed by atoms with Gasteiger partial charge in [-0.1, -0.05) is 0 Å². The average Bonchev–Trinajstić information content (AvgIpc) is 2.61. The second-order valence-electron chi connectivity index (χ2n) is 5.63. The lowest BCUT2D eigenvalue weighted by atomic mass is 10.1. The van der Waals surface area contributed by atoms with E-state index >= 15 is 0 Å². The number of nitro groups is 1. The highest BCUT2D eigenvalue weighted by molar-refractivity contribution is 5.94. The molecule has 1 aromatic carbocycles. The average molecular weight is 378 g/mol. The van der Waals surface area contributed by atoms with Crippen LogP contribution in [0.3, 0.4) is 0 Å².